The van der Waals surface area contributed by atoms with Crippen molar-refractivity contribution in [2.45, 2.75) is 30.7 Å². The van der Waals surface area contributed by atoms with Gasteiger partial charge in [0.1, 0.15) is 29.8 Å². The molecule has 4 atom stereocenters. The molecule has 2 amide bonds. The number of thioether (sulfide) groups is 1. The molecule has 20 nitrogen and oxygen atoms in total. The Morgan fingerprint density at radius 2 is 2.07 bits per heavy atom. The Morgan fingerprint density at radius 3 is 2.70 bits per heavy atom. The Bertz CT molecular complexity index is 1350. The number of amides is 2. The van der Waals surface area contributed by atoms with E-state index in [0.717, 1.165) is 34.4 Å². The van der Waals surface area contributed by atoms with Crippen LogP contribution in [-0.4, -0.2) is 116 Å². The first-order chi connectivity index (χ1) is 20.5. The molecule has 1 fully saturated rings. The highest BCUT2D eigenvalue weighted by atomic mass is 32.2. The third-order valence-corrected chi connectivity index (χ3v) is 6.92. The minimum absolute atomic E-state index is 0.0121. The van der Waals surface area contributed by atoms with Crippen molar-refractivity contribution in [3.63, 3.8) is 0 Å². The van der Waals surface area contributed by atoms with Gasteiger partial charge in [0.2, 0.25) is 23.8 Å². The summed E-state index contributed by atoms with van der Waals surface area (Å²) in [5.74, 6) is -3.51. The van der Waals surface area contributed by atoms with E-state index in [1.807, 2.05) is 0 Å². The fraction of sp³-hybridized carbons (Fsp3) is 0.450. The number of nitrogens with zero attached hydrogens (tertiary/aromatic N) is 6. The zero-order valence-electron chi connectivity index (χ0n) is 22.0. The van der Waals surface area contributed by atoms with E-state index in [0.29, 0.717) is 0 Å². The van der Waals surface area contributed by atoms with Crippen LogP contribution in [0.25, 0.3) is 0 Å². The molecule has 0 bridgehead atoms. The average Bonchev–Trinajstić information content (AvgIpc) is 3.39. The van der Waals surface area contributed by atoms with Crippen LogP contribution in [0.3, 0.4) is 0 Å². The van der Waals surface area contributed by atoms with Crippen LogP contribution in [0.1, 0.15) is 12.7 Å². The van der Waals surface area contributed by atoms with Crippen LogP contribution in [0.4, 0.5) is 14.3 Å². The number of anilines is 1. The summed E-state index contributed by atoms with van der Waals surface area (Å²) in [6.07, 6.45) is -3.10. The molecule has 1 aromatic rings. The van der Waals surface area contributed by atoms with E-state index in [4.69, 9.17) is 31.8 Å². The van der Waals surface area contributed by atoms with Crippen LogP contribution >= 0.6 is 23.3 Å². The number of nitrogen functional groups attached to an aromatic ring is 1. The van der Waals surface area contributed by atoms with Crippen LogP contribution in [0.5, 0.6) is 0 Å². The fourth-order valence-electron chi connectivity index (χ4n) is 3.33. The maximum absolute atomic E-state index is 13.2. The molecular formula is C20H25FN10O10S2. The Hall–Kier alpha value is -4.61. The van der Waals surface area contributed by atoms with Gasteiger partial charge in [-0.2, -0.15) is 14.5 Å². The van der Waals surface area contributed by atoms with Crippen molar-refractivity contribution in [1.29, 1.82) is 0 Å². The van der Waals surface area contributed by atoms with Gasteiger partial charge >= 0.3 is 12.1 Å². The number of carbonyl (C=O) groups is 4. The van der Waals surface area contributed by atoms with Crippen LogP contribution in [0.15, 0.2) is 26.6 Å². The van der Waals surface area contributed by atoms with E-state index in [9.17, 15) is 28.7 Å². The first kappa shape index (κ1) is 32.9. The summed E-state index contributed by atoms with van der Waals surface area (Å²) in [5, 5.41) is 30.1. The molecule has 2 aliphatic heterocycles. The molecule has 1 aromatic heterocycles. The number of aliphatic hydroxyl groups excluding tert-OH is 2. The van der Waals surface area contributed by atoms with Gasteiger partial charge in [0.25, 0.3) is 18.7 Å². The maximum Gasteiger partial charge on any atom is 0.511 e. The number of halogens is 1. The summed E-state index contributed by atoms with van der Waals surface area (Å²) >= 11 is 1.86. The molecule has 0 aliphatic carbocycles. The molecule has 43 heavy (non-hydrogen) atoms. The van der Waals surface area contributed by atoms with E-state index in [1.165, 1.54) is 6.92 Å². The van der Waals surface area contributed by atoms with E-state index in [1.54, 1.807) is 0 Å². The number of hydrogen-bond donors (Lipinski definition) is 6. The SMILES string of the molecule is CC(OC(=O)OCC(O)CO)OC(=O)C1=C(/C=N/N=C(N)N)CSC2C(NC(=O)/C(=N\OCF)c3nsc(N)n3)C(=O)N12. The van der Waals surface area contributed by atoms with Crippen molar-refractivity contribution in [3.05, 3.63) is 17.1 Å². The zero-order valence-corrected chi connectivity index (χ0v) is 23.6. The molecule has 0 aromatic carbocycles. The largest absolute Gasteiger partial charge is 0.511 e. The average molecular weight is 649 g/mol. The molecule has 1 saturated heterocycles. The highest BCUT2D eigenvalue weighted by Gasteiger charge is 2.55. The smallest absolute Gasteiger partial charge is 0.431 e. The molecule has 9 N–H and O–H groups in total. The number of alkyl halides is 1. The van der Waals surface area contributed by atoms with Crippen LogP contribution in [0, 0.1) is 0 Å². The van der Waals surface area contributed by atoms with Gasteiger partial charge < -0.3 is 51.8 Å². The number of fused-ring (bicyclic) bond motifs is 1. The lowest BCUT2D eigenvalue weighted by atomic mass is 10.0. The number of nitrogens with one attached hydrogen (secondary N) is 1. The molecule has 0 saturated carbocycles. The number of nitrogens with two attached hydrogens (primary N) is 3. The molecule has 0 spiro atoms. The van der Waals surface area contributed by atoms with Crippen molar-refractivity contribution in [3.8, 4) is 0 Å². The van der Waals surface area contributed by atoms with E-state index < -0.39 is 73.5 Å². The Labute approximate surface area is 248 Å². The quantitative estimate of drug-likeness (QED) is 0.0311. The highest BCUT2D eigenvalue weighted by molar-refractivity contribution is 8.00. The number of rotatable bonds is 13. The van der Waals surface area contributed by atoms with Gasteiger partial charge in [0.15, 0.2) is 5.13 Å². The molecular weight excluding hydrogens is 623 g/mol. The zero-order chi connectivity index (χ0) is 31.7. The predicted octanol–water partition coefficient (Wildman–Crippen LogP) is -2.92. The number of ether oxygens (including phenoxy) is 3. The van der Waals surface area contributed by atoms with Crippen molar-refractivity contribution >= 4 is 70.3 Å². The van der Waals surface area contributed by atoms with E-state index in [2.05, 4.69) is 39.6 Å². The maximum atomic E-state index is 13.2. The van der Waals surface area contributed by atoms with Crippen molar-refractivity contribution in [1.82, 2.24) is 19.6 Å². The molecule has 23 heteroatoms. The first-order valence-corrected chi connectivity index (χ1v) is 13.6. The third-order valence-electron chi connectivity index (χ3n) is 5.08. The Kier molecular flexibility index (Phi) is 11.5. The van der Waals surface area contributed by atoms with E-state index in [-0.39, 0.29) is 33.9 Å². The van der Waals surface area contributed by atoms with Gasteiger partial charge in [-0.25, -0.2) is 14.0 Å². The Morgan fingerprint density at radius 1 is 1.33 bits per heavy atom. The molecule has 4 unspecified atom stereocenters. The molecule has 234 valence electrons. The lowest BCUT2D eigenvalue weighted by Crippen LogP contribution is -2.71. The van der Waals surface area contributed by atoms with Crippen LogP contribution < -0.4 is 22.5 Å². The van der Waals surface area contributed by atoms with Crippen molar-refractivity contribution < 1.29 is 52.8 Å². The highest BCUT2D eigenvalue weighted by Crippen LogP contribution is 2.40. The van der Waals surface area contributed by atoms with Crippen molar-refractivity contribution in [2.24, 2.45) is 26.8 Å². The van der Waals surface area contributed by atoms with Gasteiger partial charge in [-0.15, -0.1) is 16.9 Å². The number of β-lactam (4-membered cyclic amide) rings is 1. The van der Waals surface area contributed by atoms with Gasteiger partial charge in [-0.05, 0) is 0 Å². The predicted molar refractivity (Wildman–Crippen MR) is 145 cm³/mol. The third kappa shape index (κ3) is 8.46. The molecule has 2 aliphatic rings. The Balaban J connectivity index is 1.78. The minimum Gasteiger partial charge on any atom is -0.431 e. The molecule has 3 heterocycles. The molecule has 3 rings (SSSR count). The lowest BCUT2D eigenvalue weighted by Gasteiger charge is -2.49. The second kappa shape index (κ2) is 15.0. The first-order valence-electron chi connectivity index (χ1n) is 11.8. The van der Waals surface area contributed by atoms with Gasteiger partial charge in [-0.3, -0.25) is 14.5 Å². The van der Waals surface area contributed by atoms with Gasteiger partial charge in [0, 0.05) is 29.8 Å². The van der Waals surface area contributed by atoms with Crippen LogP contribution in [-0.2, 0) is 33.4 Å². The summed E-state index contributed by atoms with van der Waals surface area (Å²) in [5.41, 5.74) is 15.3. The lowest BCUT2D eigenvalue weighted by molar-refractivity contribution is -0.169. The van der Waals surface area contributed by atoms with Gasteiger partial charge in [-0.1, -0.05) is 5.16 Å². The summed E-state index contributed by atoms with van der Waals surface area (Å²) in [4.78, 5) is 60.2. The number of aromatic nitrogens is 2. The monoisotopic (exact) mass is 648 g/mol. The number of hydrogen-bond acceptors (Lipinski definition) is 18. The van der Waals surface area contributed by atoms with Gasteiger partial charge in [0.05, 0.1) is 12.8 Å². The number of aliphatic hydroxyl groups is 2. The number of esters is 1. The minimum atomic E-state index is -1.54. The topological polar surface area (TPSA) is 302 Å². The number of carbonyl (C=O) groups excluding carboxylic acids is 4. The fourth-order valence-corrected chi connectivity index (χ4v) is 5.06. The number of guanidine groups is 1. The van der Waals surface area contributed by atoms with Crippen LogP contribution in [0.2, 0.25) is 0 Å². The normalized spacial score (nSPS) is 19.6. The summed E-state index contributed by atoms with van der Waals surface area (Å²) in [7, 11) is 0. The van der Waals surface area contributed by atoms with E-state index >= 15 is 0 Å². The summed E-state index contributed by atoms with van der Waals surface area (Å²) in [6, 6.07) is -1.20. The number of oxime groups is 1. The summed E-state index contributed by atoms with van der Waals surface area (Å²) < 4.78 is 30.9. The van der Waals surface area contributed by atoms with Crippen molar-refractivity contribution in [2.75, 3.05) is 31.6 Å². The second-order valence-corrected chi connectivity index (χ2v) is 10.0. The standard InChI is InChI=1S/C20H25FN10O10S2/c1-7(41-20(37)38-4-9(33)3-32)40-17(36)12-8(2-25-28-18(22)23)5-42-16-11(15(35)31(12)16)26-14(34)10(29-39-6-21)13-27-19(24)43-30-13/h2,7,9,11,16,32-33H,3-6H2,1H3,(H,26,34)(H4,22,23,28)(H2,24,27,30)/b25-2+,29-10-. The second-order valence-electron chi connectivity index (χ2n) is 8.13. The summed E-state index contributed by atoms with van der Waals surface area (Å²) in [6.45, 7) is -1.45. The molecule has 0 radical (unpaired) electrons.